The molecule has 0 bridgehead atoms. The van der Waals surface area contributed by atoms with Crippen molar-refractivity contribution < 1.29 is 28.5 Å². The van der Waals surface area contributed by atoms with Crippen LogP contribution in [0.25, 0.3) is 0 Å². The Hall–Kier alpha value is -3.39. The second-order valence-corrected chi connectivity index (χ2v) is 8.16. The van der Waals surface area contributed by atoms with Crippen molar-refractivity contribution in [3.8, 4) is 23.0 Å². The number of carbonyl (C=O) groups excluding carboxylic acids is 1. The highest BCUT2D eigenvalue weighted by molar-refractivity contribution is 9.10. The average Bonchev–Trinajstić information content (AvgIpc) is 2.88. The van der Waals surface area contributed by atoms with Gasteiger partial charge in [0, 0.05) is 6.54 Å². The second kappa shape index (κ2) is 12.2. The van der Waals surface area contributed by atoms with Crippen LogP contribution >= 0.6 is 15.9 Å². The van der Waals surface area contributed by atoms with Gasteiger partial charge in [0.1, 0.15) is 12.4 Å². The van der Waals surface area contributed by atoms with Crippen LogP contribution in [0, 0.1) is 0 Å². The van der Waals surface area contributed by atoms with Gasteiger partial charge in [-0.25, -0.2) is 4.79 Å². The topological polar surface area (TPSA) is 66.5 Å². The second-order valence-electron chi connectivity index (χ2n) is 7.36. The van der Waals surface area contributed by atoms with Crippen LogP contribution in [0.2, 0.25) is 0 Å². The first-order valence-electron chi connectivity index (χ1n) is 10.6. The van der Waals surface area contributed by atoms with Crippen molar-refractivity contribution in [3.05, 3.63) is 81.8 Å². The van der Waals surface area contributed by atoms with E-state index in [1.807, 2.05) is 60.7 Å². The Kier molecular flexibility index (Phi) is 9.04. The third-order valence-electron chi connectivity index (χ3n) is 5.19. The fourth-order valence-corrected chi connectivity index (χ4v) is 4.01. The molecular weight excluding hydrogens is 502 g/mol. The Morgan fingerprint density at radius 1 is 0.824 bits per heavy atom. The smallest absolute Gasteiger partial charge is 0.410 e. The molecule has 0 saturated heterocycles. The number of benzene rings is 3. The highest BCUT2D eigenvalue weighted by atomic mass is 79.9. The zero-order chi connectivity index (χ0) is 24.5. The zero-order valence-electron chi connectivity index (χ0n) is 19.7. The number of ether oxygens (including phenoxy) is 5. The number of amides is 1. The molecule has 0 atom stereocenters. The van der Waals surface area contributed by atoms with E-state index in [0.717, 1.165) is 22.4 Å². The molecule has 0 heterocycles. The van der Waals surface area contributed by atoms with Crippen molar-refractivity contribution in [1.29, 1.82) is 0 Å². The average molecular weight is 530 g/mol. The van der Waals surface area contributed by atoms with Gasteiger partial charge in [0.2, 0.25) is 5.75 Å². The summed E-state index contributed by atoms with van der Waals surface area (Å²) in [7, 11) is 6.10. The molecule has 34 heavy (non-hydrogen) atoms. The van der Waals surface area contributed by atoms with Gasteiger partial charge in [-0.1, -0.05) is 42.5 Å². The molecule has 0 spiro atoms. The predicted molar refractivity (Wildman–Crippen MR) is 133 cm³/mol. The number of methoxy groups -OCH3 is 4. The van der Waals surface area contributed by atoms with E-state index >= 15 is 0 Å². The first-order valence-corrected chi connectivity index (χ1v) is 11.4. The number of halogens is 1. The van der Waals surface area contributed by atoms with Crippen molar-refractivity contribution in [1.82, 2.24) is 4.90 Å². The number of hydrogen-bond donors (Lipinski definition) is 0. The molecule has 8 heteroatoms. The zero-order valence-corrected chi connectivity index (χ0v) is 21.3. The van der Waals surface area contributed by atoms with Crippen LogP contribution in [0.15, 0.2) is 65.1 Å². The van der Waals surface area contributed by atoms with E-state index in [0.29, 0.717) is 34.9 Å². The third kappa shape index (κ3) is 6.14. The summed E-state index contributed by atoms with van der Waals surface area (Å²) in [6.45, 7) is 0.954. The Morgan fingerprint density at radius 3 is 2.12 bits per heavy atom. The normalized spacial score (nSPS) is 10.4. The van der Waals surface area contributed by atoms with Gasteiger partial charge in [0.15, 0.2) is 11.5 Å². The highest BCUT2D eigenvalue weighted by Crippen LogP contribution is 2.45. The lowest BCUT2D eigenvalue weighted by Gasteiger charge is -2.24. The molecular formula is C26H28BrNO6. The van der Waals surface area contributed by atoms with E-state index in [4.69, 9.17) is 23.7 Å². The van der Waals surface area contributed by atoms with Gasteiger partial charge in [0.25, 0.3) is 0 Å². The maximum Gasteiger partial charge on any atom is 0.410 e. The summed E-state index contributed by atoms with van der Waals surface area (Å²) in [5, 5.41) is 0. The fraction of sp³-hybridized carbons (Fsp3) is 0.269. The number of carbonyl (C=O) groups is 1. The predicted octanol–water partition coefficient (Wildman–Crippen LogP) is 5.82. The van der Waals surface area contributed by atoms with E-state index in [-0.39, 0.29) is 6.54 Å². The van der Waals surface area contributed by atoms with Gasteiger partial charge in [-0.3, -0.25) is 4.90 Å². The Labute approximate surface area is 208 Å². The minimum Gasteiger partial charge on any atom is -0.497 e. The van der Waals surface area contributed by atoms with Gasteiger partial charge < -0.3 is 23.7 Å². The van der Waals surface area contributed by atoms with Gasteiger partial charge in [-0.05, 0) is 50.8 Å². The van der Waals surface area contributed by atoms with E-state index in [1.54, 1.807) is 26.2 Å². The van der Waals surface area contributed by atoms with Crippen LogP contribution in [0.5, 0.6) is 23.0 Å². The molecule has 0 aromatic heterocycles. The van der Waals surface area contributed by atoms with E-state index in [2.05, 4.69) is 15.9 Å². The van der Waals surface area contributed by atoms with Crippen molar-refractivity contribution in [2.45, 2.75) is 19.7 Å². The molecule has 3 aromatic rings. The molecule has 180 valence electrons. The number of hydrogen-bond acceptors (Lipinski definition) is 6. The molecule has 0 fully saturated rings. The van der Waals surface area contributed by atoms with Crippen molar-refractivity contribution >= 4 is 22.0 Å². The summed E-state index contributed by atoms with van der Waals surface area (Å²) in [5.41, 5.74) is 2.73. The summed E-state index contributed by atoms with van der Waals surface area (Å²) in [6.07, 6.45) is -0.454. The summed E-state index contributed by atoms with van der Waals surface area (Å²) in [4.78, 5) is 14.2. The lowest BCUT2D eigenvalue weighted by atomic mass is 10.1. The van der Waals surface area contributed by atoms with Crippen molar-refractivity contribution in [2.75, 3.05) is 28.4 Å². The van der Waals surface area contributed by atoms with Gasteiger partial charge in [-0.15, -0.1) is 0 Å². The Balaban J connectivity index is 1.89. The van der Waals surface area contributed by atoms with E-state index in [9.17, 15) is 4.79 Å². The summed E-state index contributed by atoms with van der Waals surface area (Å²) in [5.74, 6) is 2.21. The van der Waals surface area contributed by atoms with Crippen LogP contribution < -0.4 is 18.9 Å². The summed E-state index contributed by atoms with van der Waals surface area (Å²) < 4.78 is 28.2. The molecule has 3 aromatic carbocycles. The van der Waals surface area contributed by atoms with Gasteiger partial charge in [-0.2, -0.15) is 0 Å². The molecule has 0 aliphatic carbocycles. The first kappa shape index (κ1) is 25.2. The number of rotatable bonds is 10. The Bertz CT molecular complexity index is 1090. The van der Waals surface area contributed by atoms with Crippen molar-refractivity contribution in [3.63, 3.8) is 0 Å². The summed E-state index contributed by atoms with van der Waals surface area (Å²) in [6, 6.07) is 19.2. The monoisotopic (exact) mass is 529 g/mol. The molecule has 7 nitrogen and oxygen atoms in total. The number of nitrogens with zero attached hydrogens (tertiary/aromatic N) is 1. The molecule has 3 rings (SSSR count). The third-order valence-corrected chi connectivity index (χ3v) is 6.06. The fourth-order valence-electron chi connectivity index (χ4n) is 3.43. The van der Waals surface area contributed by atoms with Crippen LogP contribution in [0.1, 0.15) is 16.7 Å². The molecule has 1 amide bonds. The van der Waals surface area contributed by atoms with E-state index < -0.39 is 6.09 Å². The van der Waals surface area contributed by atoms with Crippen LogP contribution in [0.4, 0.5) is 4.79 Å². The summed E-state index contributed by atoms with van der Waals surface area (Å²) >= 11 is 3.63. The lowest BCUT2D eigenvalue weighted by molar-refractivity contribution is 0.117. The molecule has 0 saturated carbocycles. The SMILES string of the molecule is COC(=O)N(Cc1ccc(OC)cc1)Cc1cc(OC)c(OCc2ccccc2)c(OC)c1Br. The minimum atomic E-state index is -0.454. The van der Waals surface area contributed by atoms with Gasteiger partial charge >= 0.3 is 6.09 Å². The maximum atomic E-state index is 12.6. The maximum absolute atomic E-state index is 12.6. The molecule has 0 aliphatic heterocycles. The molecule has 0 unspecified atom stereocenters. The molecule has 0 aliphatic rings. The largest absolute Gasteiger partial charge is 0.497 e. The van der Waals surface area contributed by atoms with Gasteiger partial charge in [0.05, 0.1) is 39.5 Å². The van der Waals surface area contributed by atoms with Crippen LogP contribution in [0.3, 0.4) is 0 Å². The van der Waals surface area contributed by atoms with Crippen molar-refractivity contribution in [2.24, 2.45) is 0 Å². The standard InChI is InChI=1S/C26H28BrNO6/c1-30-21-12-10-18(11-13-21)15-28(26(29)33-4)16-20-14-22(31-2)24(25(32-3)23(20)27)34-17-19-8-6-5-7-9-19/h5-14H,15-17H2,1-4H3. The quantitative estimate of drug-likeness (QED) is 0.329. The highest BCUT2D eigenvalue weighted by Gasteiger charge is 2.23. The molecule has 0 N–H and O–H groups in total. The first-order chi connectivity index (χ1) is 16.5. The minimum absolute atomic E-state index is 0.255. The van der Waals surface area contributed by atoms with Crippen LogP contribution in [-0.2, 0) is 24.4 Å². The Morgan fingerprint density at radius 2 is 1.53 bits per heavy atom. The lowest BCUT2D eigenvalue weighted by Crippen LogP contribution is -2.30. The van der Waals surface area contributed by atoms with E-state index in [1.165, 1.54) is 7.11 Å². The van der Waals surface area contributed by atoms with Crippen LogP contribution in [-0.4, -0.2) is 39.4 Å². The molecule has 0 radical (unpaired) electrons.